The minimum Gasteiger partial charge on any atom is -0.494 e. The van der Waals surface area contributed by atoms with Gasteiger partial charge >= 0.3 is 5.97 Å². The lowest BCUT2D eigenvalue weighted by molar-refractivity contribution is -0.133. The van der Waals surface area contributed by atoms with Crippen LogP contribution in [0.15, 0.2) is 18.2 Å². The lowest BCUT2D eigenvalue weighted by atomic mass is 10.3. The number of carbonyl (C=O) groups is 2. The van der Waals surface area contributed by atoms with Crippen molar-refractivity contribution in [1.29, 1.82) is 0 Å². The molecule has 98 valence electrons. The molecule has 0 heterocycles. The van der Waals surface area contributed by atoms with Crippen LogP contribution >= 0.6 is 11.8 Å². The Balaban J connectivity index is 2.49. The molecule has 0 bridgehead atoms. The third-order valence-corrected chi connectivity index (χ3v) is 2.81. The summed E-state index contributed by atoms with van der Waals surface area (Å²) in [5, 5.41) is 10.9. The fourth-order valence-electron chi connectivity index (χ4n) is 1.17. The van der Waals surface area contributed by atoms with E-state index in [9.17, 15) is 14.0 Å². The van der Waals surface area contributed by atoms with Crippen LogP contribution in [0.1, 0.15) is 0 Å². The average Bonchev–Trinajstić information content (AvgIpc) is 2.28. The Kier molecular flexibility index (Phi) is 5.44. The van der Waals surface area contributed by atoms with Gasteiger partial charge in [-0.2, -0.15) is 0 Å². The summed E-state index contributed by atoms with van der Waals surface area (Å²) >= 11 is 0.971. The van der Waals surface area contributed by atoms with Crippen LogP contribution in [0.4, 0.5) is 10.1 Å². The summed E-state index contributed by atoms with van der Waals surface area (Å²) in [5.74, 6) is -2.00. The SMILES string of the molecule is COc1ccc(NC(=O)CSCC(=O)O)cc1F. The summed E-state index contributed by atoms with van der Waals surface area (Å²) in [6, 6.07) is 4.04. The second-order valence-electron chi connectivity index (χ2n) is 3.28. The van der Waals surface area contributed by atoms with Crippen LogP contribution in [-0.2, 0) is 9.59 Å². The molecule has 0 aliphatic carbocycles. The Labute approximate surface area is 107 Å². The van der Waals surface area contributed by atoms with Gasteiger partial charge in [-0.1, -0.05) is 0 Å². The van der Waals surface area contributed by atoms with Crippen molar-refractivity contribution in [3.63, 3.8) is 0 Å². The number of hydrogen-bond acceptors (Lipinski definition) is 4. The van der Waals surface area contributed by atoms with E-state index in [1.807, 2.05) is 0 Å². The van der Waals surface area contributed by atoms with Gasteiger partial charge in [0.1, 0.15) is 0 Å². The van der Waals surface area contributed by atoms with Crippen LogP contribution in [0.25, 0.3) is 0 Å². The number of carbonyl (C=O) groups excluding carboxylic acids is 1. The third-order valence-electron chi connectivity index (χ3n) is 1.89. The molecule has 1 amide bonds. The highest BCUT2D eigenvalue weighted by atomic mass is 32.2. The van der Waals surface area contributed by atoms with E-state index in [0.29, 0.717) is 5.69 Å². The Morgan fingerprint density at radius 3 is 2.72 bits per heavy atom. The highest BCUT2D eigenvalue weighted by Gasteiger charge is 2.07. The first-order valence-corrected chi connectivity index (χ1v) is 6.11. The molecule has 1 aromatic carbocycles. The van der Waals surface area contributed by atoms with Crippen molar-refractivity contribution < 1.29 is 23.8 Å². The van der Waals surface area contributed by atoms with Gasteiger partial charge in [-0.25, -0.2) is 4.39 Å². The van der Waals surface area contributed by atoms with Gasteiger partial charge in [-0.15, -0.1) is 11.8 Å². The molecule has 0 spiro atoms. The van der Waals surface area contributed by atoms with Crippen LogP contribution in [0, 0.1) is 5.82 Å². The molecule has 0 aromatic heterocycles. The first kappa shape index (κ1) is 14.3. The number of halogens is 1. The lowest BCUT2D eigenvalue weighted by Crippen LogP contribution is -2.15. The summed E-state index contributed by atoms with van der Waals surface area (Å²) in [7, 11) is 1.35. The quantitative estimate of drug-likeness (QED) is 0.823. The summed E-state index contributed by atoms with van der Waals surface area (Å²) in [6.07, 6.45) is 0. The smallest absolute Gasteiger partial charge is 0.313 e. The predicted octanol–water partition coefficient (Wildman–Crippen LogP) is 1.59. The van der Waals surface area contributed by atoms with Crippen molar-refractivity contribution in [2.45, 2.75) is 0 Å². The van der Waals surface area contributed by atoms with Crippen LogP contribution < -0.4 is 10.1 Å². The number of thioether (sulfide) groups is 1. The number of methoxy groups -OCH3 is 1. The Morgan fingerprint density at radius 1 is 1.44 bits per heavy atom. The van der Waals surface area contributed by atoms with E-state index < -0.39 is 11.8 Å². The minimum atomic E-state index is -0.983. The van der Waals surface area contributed by atoms with Crippen LogP contribution in [0.5, 0.6) is 5.75 Å². The molecule has 1 aromatic rings. The van der Waals surface area contributed by atoms with E-state index in [0.717, 1.165) is 17.8 Å². The molecule has 0 atom stereocenters. The first-order chi connectivity index (χ1) is 8.52. The fraction of sp³-hybridized carbons (Fsp3) is 0.273. The molecular formula is C11H12FNO4S. The molecular weight excluding hydrogens is 261 g/mol. The van der Waals surface area contributed by atoms with Gasteiger partial charge in [0.25, 0.3) is 0 Å². The molecule has 0 unspecified atom stereocenters. The normalized spacial score (nSPS) is 9.89. The second-order valence-corrected chi connectivity index (χ2v) is 4.27. The predicted molar refractivity (Wildman–Crippen MR) is 66.5 cm³/mol. The van der Waals surface area contributed by atoms with Gasteiger partial charge in [0.15, 0.2) is 11.6 Å². The van der Waals surface area contributed by atoms with Gasteiger partial charge in [-0.3, -0.25) is 9.59 Å². The summed E-state index contributed by atoms with van der Waals surface area (Å²) in [4.78, 5) is 21.6. The maximum absolute atomic E-state index is 13.3. The summed E-state index contributed by atoms with van der Waals surface area (Å²) in [6.45, 7) is 0. The zero-order valence-corrected chi connectivity index (χ0v) is 10.4. The van der Waals surface area contributed by atoms with Gasteiger partial charge in [0.2, 0.25) is 5.91 Å². The van der Waals surface area contributed by atoms with E-state index in [1.54, 1.807) is 0 Å². The Hall–Kier alpha value is -1.76. The molecule has 18 heavy (non-hydrogen) atoms. The number of anilines is 1. The number of benzene rings is 1. The number of aliphatic carboxylic acids is 1. The maximum Gasteiger partial charge on any atom is 0.313 e. The number of carboxylic acid groups (broad SMARTS) is 1. The largest absolute Gasteiger partial charge is 0.494 e. The van der Waals surface area contributed by atoms with E-state index >= 15 is 0 Å². The molecule has 0 aliphatic rings. The van der Waals surface area contributed by atoms with Crippen LogP contribution in [-0.4, -0.2) is 35.6 Å². The topological polar surface area (TPSA) is 75.6 Å². The summed E-state index contributed by atoms with van der Waals surface area (Å²) in [5.41, 5.74) is 0.300. The number of hydrogen-bond donors (Lipinski definition) is 2. The van der Waals surface area contributed by atoms with Gasteiger partial charge < -0.3 is 15.2 Å². The molecule has 5 nitrogen and oxygen atoms in total. The molecule has 0 aliphatic heterocycles. The van der Waals surface area contributed by atoms with Crippen LogP contribution in [0.3, 0.4) is 0 Å². The molecule has 7 heteroatoms. The number of ether oxygens (including phenoxy) is 1. The zero-order valence-electron chi connectivity index (χ0n) is 9.60. The van der Waals surface area contributed by atoms with Crippen LogP contribution in [0.2, 0.25) is 0 Å². The number of rotatable bonds is 6. The van der Waals surface area contributed by atoms with Crippen molar-refractivity contribution in [1.82, 2.24) is 0 Å². The lowest BCUT2D eigenvalue weighted by Gasteiger charge is -2.06. The minimum absolute atomic E-state index is 0.0000513. The highest BCUT2D eigenvalue weighted by Crippen LogP contribution is 2.20. The molecule has 0 saturated carbocycles. The van der Waals surface area contributed by atoms with E-state index in [4.69, 9.17) is 9.84 Å². The third kappa shape index (κ3) is 4.62. The highest BCUT2D eigenvalue weighted by molar-refractivity contribution is 8.00. The molecule has 0 saturated heterocycles. The van der Waals surface area contributed by atoms with E-state index in [1.165, 1.54) is 19.2 Å². The molecule has 2 N–H and O–H groups in total. The summed E-state index contributed by atoms with van der Waals surface area (Å²) < 4.78 is 18.0. The van der Waals surface area contributed by atoms with E-state index in [2.05, 4.69) is 5.32 Å². The maximum atomic E-state index is 13.3. The number of nitrogens with one attached hydrogen (secondary N) is 1. The van der Waals surface area contributed by atoms with Gasteiger partial charge in [0.05, 0.1) is 18.6 Å². The van der Waals surface area contributed by atoms with Crippen molar-refractivity contribution in [2.24, 2.45) is 0 Å². The monoisotopic (exact) mass is 273 g/mol. The molecule has 0 fully saturated rings. The van der Waals surface area contributed by atoms with E-state index in [-0.39, 0.29) is 23.2 Å². The van der Waals surface area contributed by atoms with Crippen molar-refractivity contribution >= 4 is 29.3 Å². The Bertz CT molecular complexity index is 453. The number of carboxylic acids is 1. The number of amides is 1. The zero-order chi connectivity index (χ0) is 13.5. The molecule has 1 rings (SSSR count). The Morgan fingerprint density at radius 2 is 2.17 bits per heavy atom. The fourth-order valence-corrected chi connectivity index (χ4v) is 1.71. The van der Waals surface area contributed by atoms with Crippen molar-refractivity contribution in [3.05, 3.63) is 24.0 Å². The van der Waals surface area contributed by atoms with Gasteiger partial charge in [-0.05, 0) is 12.1 Å². The molecule has 0 radical (unpaired) electrons. The second kappa shape index (κ2) is 6.85. The van der Waals surface area contributed by atoms with Crippen molar-refractivity contribution in [3.8, 4) is 5.75 Å². The first-order valence-electron chi connectivity index (χ1n) is 4.96. The van der Waals surface area contributed by atoms with Crippen molar-refractivity contribution in [2.75, 3.05) is 23.9 Å². The average molecular weight is 273 g/mol. The standard InChI is InChI=1S/C11H12FNO4S/c1-17-9-3-2-7(4-8(9)12)13-10(14)5-18-6-11(15)16/h2-4H,5-6H2,1H3,(H,13,14)(H,15,16). The van der Waals surface area contributed by atoms with Gasteiger partial charge in [0, 0.05) is 11.8 Å².